The van der Waals surface area contributed by atoms with Crippen LogP contribution < -0.4 is 10.6 Å². The van der Waals surface area contributed by atoms with Gasteiger partial charge in [-0.1, -0.05) is 24.3 Å². The maximum absolute atomic E-state index is 13.4. The maximum atomic E-state index is 13.4. The first-order valence-corrected chi connectivity index (χ1v) is 10.1. The molecule has 5 nitrogen and oxygen atoms in total. The van der Waals surface area contributed by atoms with E-state index < -0.39 is 0 Å². The Morgan fingerprint density at radius 1 is 1.00 bits per heavy atom. The Kier molecular flexibility index (Phi) is 4.87. The Balaban J connectivity index is 1.70. The molecule has 1 amide bonds. The van der Waals surface area contributed by atoms with Gasteiger partial charge < -0.3 is 10.6 Å². The first-order valence-electron chi connectivity index (χ1n) is 10.1. The fourth-order valence-electron chi connectivity index (χ4n) is 4.70. The summed E-state index contributed by atoms with van der Waals surface area (Å²) in [4.78, 5) is 22.5. The zero-order chi connectivity index (χ0) is 20.6. The molecule has 4 rings (SSSR count). The minimum absolute atomic E-state index is 0.0286. The maximum Gasteiger partial charge on any atom is 0.252 e. The third-order valence-electron chi connectivity index (χ3n) is 5.41. The Labute approximate surface area is 172 Å². The summed E-state index contributed by atoms with van der Waals surface area (Å²) in [5.41, 5.74) is 2.85. The molecule has 2 aromatic heterocycles. The molecule has 0 atom stereocenters. The van der Waals surface area contributed by atoms with Crippen molar-refractivity contribution >= 4 is 16.8 Å². The molecule has 2 N–H and O–H groups in total. The van der Waals surface area contributed by atoms with E-state index in [9.17, 15) is 4.79 Å². The third-order valence-corrected chi connectivity index (χ3v) is 5.41. The summed E-state index contributed by atoms with van der Waals surface area (Å²) < 4.78 is 0. The lowest BCUT2D eigenvalue weighted by molar-refractivity contribution is 0.0875. The number of hydrogen-bond donors (Lipinski definition) is 2. The smallest absolute Gasteiger partial charge is 0.252 e. The zero-order valence-electron chi connectivity index (χ0n) is 17.5. The van der Waals surface area contributed by atoms with E-state index in [-0.39, 0.29) is 23.0 Å². The van der Waals surface area contributed by atoms with E-state index in [0.29, 0.717) is 11.3 Å². The normalized spacial score (nSPS) is 18.5. The molecule has 1 saturated heterocycles. The van der Waals surface area contributed by atoms with Crippen molar-refractivity contribution in [3.8, 4) is 11.4 Å². The van der Waals surface area contributed by atoms with Crippen LogP contribution >= 0.6 is 0 Å². The number of carbonyl (C=O) groups is 1. The number of hydrogen-bond acceptors (Lipinski definition) is 4. The minimum Gasteiger partial charge on any atom is -0.349 e. The predicted octanol–water partition coefficient (Wildman–Crippen LogP) is 4.34. The first kappa shape index (κ1) is 19.5. The molecule has 3 aromatic rings. The van der Waals surface area contributed by atoms with Gasteiger partial charge in [0.1, 0.15) is 0 Å². The summed E-state index contributed by atoms with van der Waals surface area (Å²) >= 11 is 0. The third kappa shape index (κ3) is 4.30. The highest BCUT2D eigenvalue weighted by molar-refractivity contribution is 6.07. The Morgan fingerprint density at radius 3 is 2.38 bits per heavy atom. The number of rotatable bonds is 3. The fourth-order valence-corrected chi connectivity index (χ4v) is 4.70. The van der Waals surface area contributed by atoms with E-state index in [2.05, 4.69) is 43.3 Å². The van der Waals surface area contributed by atoms with E-state index in [0.717, 1.165) is 29.4 Å². The summed E-state index contributed by atoms with van der Waals surface area (Å²) in [6.07, 6.45) is 3.52. The van der Waals surface area contributed by atoms with Crippen molar-refractivity contribution in [2.75, 3.05) is 0 Å². The van der Waals surface area contributed by atoms with Gasteiger partial charge in [0.05, 0.1) is 22.5 Å². The molecular formula is C24H28N4O. The molecule has 3 heterocycles. The molecular weight excluding hydrogens is 360 g/mol. The molecule has 0 unspecified atom stereocenters. The molecule has 0 spiro atoms. The van der Waals surface area contributed by atoms with Crippen molar-refractivity contribution in [3.05, 3.63) is 60.3 Å². The van der Waals surface area contributed by atoms with Crippen LogP contribution in [0.5, 0.6) is 0 Å². The second-order valence-corrected chi connectivity index (χ2v) is 9.26. The summed E-state index contributed by atoms with van der Waals surface area (Å²) in [7, 11) is 0. The molecule has 5 heteroatoms. The van der Waals surface area contributed by atoms with Gasteiger partial charge in [-0.2, -0.15) is 0 Å². The molecule has 1 aliphatic heterocycles. The van der Waals surface area contributed by atoms with Crippen LogP contribution in [0.4, 0.5) is 0 Å². The lowest BCUT2D eigenvalue weighted by atomic mass is 9.79. The SMILES string of the molecule is CC1(C)CC(NC(=O)c2cc(-c3ccccn3)nc3ccccc23)CC(C)(C)N1. The van der Waals surface area contributed by atoms with Gasteiger partial charge in [-0.15, -0.1) is 0 Å². The van der Waals surface area contributed by atoms with Crippen molar-refractivity contribution in [1.29, 1.82) is 0 Å². The van der Waals surface area contributed by atoms with Crippen LogP contribution in [0.1, 0.15) is 50.9 Å². The minimum atomic E-state index is -0.0562. The summed E-state index contributed by atoms with van der Waals surface area (Å²) in [5, 5.41) is 7.81. The molecule has 0 aliphatic carbocycles. The second kappa shape index (κ2) is 7.23. The highest BCUT2D eigenvalue weighted by Gasteiger charge is 2.38. The van der Waals surface area contributed by atoms with Crippen LogP contribution in [0, 0.1) is 0 Å². The van der Waals surface area contributed by atoms with Gasteiger partial charge in [-0.3, -0.25) is 9.78 Å². The van der Waals surface area contributed by atoms with E-state index >= 15 is 0 Å². The second-order valence-electron chi connectivity index (χ2n) is 9.26. The average Bonchev–Trinajstić information content (AvgIpc) is 2.65. The van der Waals surface area contributed by atoms with Crippen molar-refractivity contribution < 1.29 is 4.79 Å². The van der Waals surface area contributed by atoms with Gasteiger partial charge in [-0.25, -0.2) is 4.98 Å². The predicted molar refractivity (Wildman–Crippen MR) is 117 cm³/mol. The topological polar surface area (TPSA) is 66.9 Å². The molecule has 1 fully saturated rings. The lowest BCUT2D eigenvalue weighted by Gasteiger charge is -2.46. The number of pyridine rings is 2. The van der Waals surface area contributed by atoms with E-state index in [1.807, 2.05) is 48.5 Å². The quantitative estimate of drug-likeness (QED) is 0.701. The largest absolute Gasteiger partial charge is 0.349 e. The first-order chi connectivity index (χ1) is 13.7. The number of amides is 1. The average molecular weight is 389 g/mol. The van der Waals surface area contributed by atoms with Crippen LogP contribution in [0.2, 0.25) is 0 Å². The number of aromatic nitrogens is 2. The van der Waals surface area contributed by atoms with E-state index in [1.165, 1.54) is 0 Å². The van der Waals surface area contributed by atoms with Crippen LogP contribution in [0.25, 0.3) is 22.3 Å². The van der Waals surface area contributed by atoms with Gasteiger partial charge in [0.15, 0.2) is 0 Å². The molecule has 0 saturated carbocycles. The van der Waals surface area contributed by atoms with Gasteiger partial charge in [0, 0.05) is 28.7 Å². The van der Waals surface area contributed by atoms with Crippen molar-refractivity contribution in [2.24, 2.45) is 0 Å². The summed E-state index contributed by atoms with van der Waals surface area (Å²) in [6.45, 7) is 8.75. The Bertz CT molecular complexity index is 1030. The zero-order valence-corrected chi connectivity index (χ0v) is 17.5. The number of carbonyl (C=O) groups excluding carboxylic acids is 1. The van der Waals surface area contributed by atoms with Gasteiger partial charge in [0.25, 0.3) is 5.91 Å². The Hall–Kier alpha value is -2.79. The van der Waals surface area contributed by atoms with Crippen molar-refractivity contribution in [1.82, 2.24) is 20.6 Å². The molecule has 0 bridgehead atoms. The van der Waals surface area contributed by atoms with Crippen LogP contribution in [0.3, 0.4) is 0 Å². The van der Waals surface area contributed by atoms with Gasteiger partial charge >= 0.3 is 0 Å². The number of nitrogens with one attached hydrogen (secondary N) is 2. The van der Waals surface area contributed by atoms with E-state index in [4.69, 9.17) is 4.98 Å². The highest BCUT2D eigenvalue weighted by atomic mass is 16.1. The summed E-state index contributed by atoms with van der Waals surface area (Å²) in [5.74, 6) is -0.0562. The van der Waals surface area contributed by atoms with Crippen molar-refractivity contribution in [3.63, 3.8) is 0 Å². The molecule has 29 heavy (non-hydrogen) atoms. The molecule has 1 aromatic carbocycles. The standard InChI is InChI=1S/C24H28N4O/c1-23(2)14-16(15-24(3,4)28-23)26-22(29)18-13-21(20-11-7-8-12-25-20)27-19-10-6-5-9-17(18)19/h5-13,16,28H,14-15H2,1-4H3,(H,26,29). The van der Waals surface area contributed by atoms with Crippen LogP contribution in [-0.4, -0.2) is 33.0 Å². The fraction of sp³-hybridized carbons (Fsp3) is 0.375. The monoisotopic (exact) mass is 388 g/mol. The highest BCUT2D eigenvalue weighted by Crippen LogP contribution is 2.29. The van der Waals surface area contributed by atoms with Crippen LogP contribution in [0.15, 0.2) is 54.7 Å². The van der Waals surface area contributed by atoms with Gasteiger partial charge in [0.2, 0.25) is 0 Å². The van der Waals surface area contributed by atoms with Crippen molar-refractivity contribution in [2.45, 2.75) is 57.7 Å². The van der Waals surface area contributed by atoms with E-state index in [1.54, 1.807) is 6.20 Å². The summed E-state index contributed by atoms with van der Waals surface area (Å²) in [6, 6.07) is 15.5. The van der Waals surface area contributed by atoms with Crippen LogP contribution in [-0.2, 0) is 0 Å². The molecule has 0 radical (unpaired) electrons. The molecule has 150 valence electrons. The lowest BCUT2D eigenvalue weighted by Crippen LogP contribution is -2.62. The number of piperidine rings is 1. The number of benzene rings is 1. The number of para-hydroxylation sites is 1. The Morgan fingerprint density at radius 2 is 1.69 bits per heavy atom. The number of fused-ring (bicyclic) bond motifs is 1. The molecule has 1 aliphatic rings. The number of nitrogens with zero attached hydrogens (tertiary/aromatic N) is 2. The van der Waals surface area contributed by atoms with Gasteiger partial charge in [-0.05, 0) is 64.8 Å².